The lowest BCUT2D eigenvalue weighted by atomic mass is 10.1. The summed E-state index contributed by atoms with van der Waals surface area (Å²) in [5, 5.41) is 0. The summed E-state index contributed by atoms with van der Waals surface area (Å²) in [5.74, 6) is -2.55. The molecular formula is C11H15F2N3. The van der Waals surface area contributed by atoms with Crippen LogP contribution in [-0.2, 0) is 6.54 Å². The number of anilines is 1. The topological polar surface area (TPSA) is 42.1 Å². The van der Waals surface area contributed by atoms with Crippen molar-refractivity contribution in [3.05, 3.63) is 24.0 Å². The molecule has 1 fully saturated rings. The number of piperidine rings is 1. The van der Waals surface area contributed by atoms with Gasteiger partial charge >= 0.3 is 0 Å². The van der Waals surface area contributed by atoms with Gasteiger partial charge in [0.05, 0.1) is 24.1 Å². The van der Waals surface area contributed by atoms with E-state index in [-0.39, 0.29) is 13.0 Å². The van der Waals surface area contributed by atoms with Crippen LogP contribution in [-0.4, -0.2) is 28.9 Å². The third-order valence-electron chi connectivity index (χ3n) is 2.71. The molecule has 0 aromatic carbocycles. The van der Waals surface area contributed by atoms with E-state index >= 15 is 0 Å². The highest BCUT2D eigenvalue weighted by atomic mass is 19.3. The minimum atomic E-state index is -2.55. The number of halogens is 2. The van der Waals surface area contributed by atoms with Crippen molar-refractivity contribution in [2.75, 3.05) is 18.8 Å². The average molecular weight is 227 g/mol. The maximum Gasteiger partial charge on any atom is 0.260 e. The van der Waals surface area contributed by atoms with Crippen molar-refractivity contribution in [2.45, 2.75) is 25.3 Å². The molecule has 0 aliphatic carbocycles. The van der Waals surface area contributed by atoms with Gasteiger partial charge in [-0.15, -0.1) is 0 Å². The number of nitrogens with two attached hydrogens (primary N) is 1. The fourth-order valence-corrected chi connectivity index (χ4v) is 1.94. The first-order valence-corrected chi connectivity index (χ1v) is 5.36. The highest BCUT2D eigenvalue weighted by molar-refractivity contribution is 5.34. The molecule has 2 heterocycles. The number of hydrogen-bond donors (Lipinski definition) is 1. The van der Waals surface area contributed by atoms with E-state index in [0.717, 1.165) is 5.69 Å². The largest absolute Gasteiger partial charge is 0.397 e. The van der Waals surface area contributed by atoms with Crippen LogP contribution in [0, 0.1) is 0 Å². The number of nitrogen functional groups attached to an aromatic ring is 1. The van der Waals surface area contributed by atoms with E-state index < -0.39 is 5.92 Å². The zero-order chi connectivity index (χ0) is 11.6. The molecule has 5 heteroatoms. The molecule has 16 heavy (non-hydrogen) atoms. The molecule has 1 aliphatic heterocycles. The number of rotatable bonds is 2. The monoisotopic (exact) mass is 227 g/mol. The molecule has 88 valence electrons. The summed E-state index contributed by atoms with van der Waals surface area (Å²) in [4.78, 5) is 5.85. The van der Waals surface area contributed by atoms with Crippen LogP contribution in [0.25, 0.3) is 0 Å². The van der Waals surface area contributed by atoms with Gasteiger partial charge in [-0.2, -0.15) is 0 Å². The van der Waals surface area contributed by atoms with Gasteiger partial charge in [0.25, 0.3) is 5.92 Å². The zero-order valence-electron chi connectivity index (χ0n) is 9.00. The molecule has 1 aliphatic rings. The minimum Gasteiger partial charge on any atom is -0.397 e. The molecule has 0 radical (unpaired) electrons. The Hall–Kier alpha value is -1.23. The summed E-state index contributed by atoms with van der Waals surface area (Å²) in [7, 11) is 0. The average Bonchev–Trinajstić information content (AvgIpc) is 2.20. The third kappa shape index (κ3) is 2.88. The van der Waals surface area contributed by atoms with E-state index in [9.17, 15) is 8.78 Å². The van der Waals surface area contributed by atoms with Gasteiger partial charge in [0, 0.05) is 13.0 Å². The fourth-order valence-electron chi connectivity index (χ4n) is 1.94. The van der Waals surface area contributed by atoms with E-state index in [1.165, 1.54) is 0 Å². The summed E-state index contributed by atoms with van der Waals surface area (Å²) in [5.41, 5.74) is 6.88. The van der Waals surface area contributed by atoms with E-state index in [1.807, 2.05) is 0 Å². The highest BCUT2D eigenvalue weighted by Crippen LogP contribution is 2.27. The van der Waals surface area contributed by atoms with E-state index in [4.69, 9.17) is 5.73 Å². The molecule has 1 aromatic heterocycles. The first-order valence-electron chi connectivity index (χ1n) is 5.36. The third-order valence-corrected chi connectivity index (χ3v) is 2.71. The van der Waals surface area contributed by atoms with Crippen molar-refractivity contribution < 1.29 is 8.78 Å². The van der Waals surface area contributed by atoms with Crippen LogP contribution in [0.3, 0.4) is 0 Å². The van der Waals surface area contributed by atoms with Crippen LogP contribution >= 0.6 is 0 Å². The van der Waals surface area contributed by atoms with E-state index in [0.29, 0.717) is 25.2 Å². The summed E-state index contributed by atoms with van der Waals surface area (Å²) in [6, 6.07) is 3.52. The Labute approximate surface area is 93.3 Å². The lowest BCUT2D eigenvalue weighted by Gasteiger charge is -2.32. The lowest BCUT2D eigenvalue weighted by Crippen LogP contribution is -2.42. The van der Waals surface area contributed by atoms with Crippen molar-refractivity contribution in [2.24, 2.45) is 0 Å². The normalized spacial score (nSPS) is 20.9. The Morgan fingerprint density at radius 2 is 2.25 bits per heavy atom. The van der Waals surface area contributed by atoms with Gasteiger partial charge in [-0.3, -0.25) is 9.88 Å². The van der Waals surface area contributed by atoms with Gasteiger partial charge in [0.15, 0.2) is 0 Å². The van der Waals surface area contributed by atoms with Crippen molar-refractivity contribution in [3.8, 4) is 0 Å². The lowest BCUT2D eigenvalue weighted by molar-refractivity contribution is -0.0663. The fraction of sp³-hybridized carbons (Fsp3) is 0.545. The van der Waals surface area contributed by atoms with E-state index in [1.54, 1.807) is 23.2 Å². The summed E-state index contributed by atoms with van der Waals surface area (Å²) >= 11 is 0. The smallest absolute Gasteiger partial charge is 0.260 e. The van der Waals surface area contributed by atoms with Gasteiger partial charge in [0.2, 0.25) is 0 Å². The molecule has 0 spiro atoms. The van der Waals surface area contributed by atoms with Gasteiger partial charge in [-0.1, -0.05) is 0 Å². The van der Waals surface area contributed by atoms with Crippen LogP contribution in [0.2, 0.25) is 0 Å². The number of aromatic nitrogens is 1. The number of likely N-dealkylation sites (tertiary alicyclic amines) is 1. The number of hydrogen-bond acceptors (Lipinski definition) is 3. The molecular weight excluding hydrogens is 212 g/mol. The summed E-state index contributed by atoms with van der Waals surface area (Å²) in [6.07, 6.45) is 2.10. The molecule has 1 saturated heterocycles. The molecule has 0 amide bonds. The first-order chi connectivity index (χ1) is 7.55. The second kappa shape index (κ2) is 4.33. The van der Waals surface area contributed by atoms with Gasteiger partial charge in [-0.25, -0.2) is 8.78 Å². The molecule has 0 bridgehead atoms. The quantitative estimate of drug-likeness (QED) is 0.839. The van der Waals surface area contributed by atoms with Crippen molar-refractivity contribution in [1.82, 2.24) is 9.88 Å². The van der Waals surface area contributed by atoms with E-state index in [2.05, 4.69) is 4.98 Å². The number of nitrogens with zero attached hydrogens (tertiary/aromatic N) is 2. The van der Waals surface area contributed by atoms with Crippen LogP contribution < -0.4 is 5.73 Å². The molecule has 2 rings (SSSR count). The van der Waals surface area contributed by atoms with Crippen molar-refractivity contribution in [3.63, 3.8) is 0 Å². The molecule has 0 unspecified atom stereocenters. The number of pyridine rings is 1. The second-order valence-electron chi connectivity index (χ2n) is 4.25. The predicted molar refractivity (Wildman–Crippen MR) is 58.1 cm³/mol. The Morgan fingerprint density at radius 1 is 1.44 bits per heavy atom. The summed E-state index contributed by atoms with van der Waals surface area (Å²) in [6.45, 7) is 1.01. The Kier molecular flexibility index (Phi) is 3.05. The highest BCUT2D eigenvalue weighted by Gasteiger charge is 2.34. The summed E-state index contributed by atoms with van der Waals surface area (Å²) < 4.78 is 26.3. The zero-order valence-corrected chi connectivity index (χ0v) is 9.00. The molecule has 3 nitrogen and oxygen atoms in total. The molecule has 0 saturated carbocycles. The predicted octanol–water partition coefficient (Wildman–Crippen LogP) is 1.89. The SMILES string of the molecule is Nc1ccc(CN2CCCC(F)(F)C2)nc1. The van der Waals surface area contributed by atoms with Crippen LogP contribution in [0.5, 0.6) is 0 Å². The molecule has 2 N–H and O–H groups in total. The Balaban J connectivity index is 1.97. The van der Waals surface area contributed by atoms with Gasteiger partial charge in [-0.05, 0) is 25.1 Å². The molecule has 1 aromatic rings. The second-order valence-corrected chi connectivity index (χ2v) is 4.25. The van der Waals surface area contributed by atoms with Crippen LogP contribution in [0.4, 0.5) is 14.5 Å². The van der Waals surface area contributed by atoms with Crippen LogP contribution in [0.1, 0.15) is 18.5 Å². The first kappa shape index (κ1) is 11.3. The van der Waals surface area contributed by atoms with Gasteiger partial charge in [0.1, 0.15) is 0 Å². The standard InChI is InChI=1S/C11H15F2N3/c12-11(13)4-1-5-16(8-11)7-10-3-2-9(14)6-15-10/h2-3,6H,1,4-5,7-8,14H2. The maximum absolute atomic E-state index is 13.1. The van der Waals surface area contributed by atoms with Crippen LogP contribution in [0.15, 0.2) is 18.3 Å². The minimum absolute atomic E-state index is 0.00132. The Morgan fingerprint density at radius 3 is 2.88 bits per heavy atom. The van der Waals surface area contributed by atoms with Crippen molar-refractivity contribution in [1.29, 1.82) is 0 Å². The van der Waals surface area contributed by atoms with Crippen molar-refractivity contribution >= 4 is 5.69 Å². The maximum atomic E-state index is 13.1. The Bertz CT molecular complexity index is 351. The number of alkyl halides is 2. The van der Waals surface area contributed by atoms with Gasteiger partial charge < -0.3 is 5.73 Å². The molecule has 0 atom stereocenters.